The van der Waals surface area contributed by atoms with Gasteiger partial charge in [-0.05, 0) is 38.1 Å². The van der Waals surface area contributed by atoms with Crippen LogP contribution in [0, 0.1) is 5.92 Å². The summed E-state index contributed by atoms with van der Waals surface area (Å²) >= 11 is 0. The number of nitrogens with one attached hydrogen (secondary N) is 1. The Bertz CT molecular complexity index is 124. The fourth-order valence-corrected chi connectivity index (χ4v) is 2.34. The van der Waals surface area contributed by atoms with Crippen molar-refractivity contribution in [3.05, 3.63) is 0 Å². The van der Waals surface area contributed by atoms with E-state index in [1.807, 2.05) is 0 Å². The van der Waals surface area contributed by atoms with Crippen molar-refractivity contribution in [1.29, 1.82) is 0 Å². The Kier molecular flexibility index (Phi) is 1.66. The lowest BCUT2D eigenvalue weighted by atomic mass is 9.83. The van der Waals surface area contributed by atoms with Crippen LogP contribution < -0.4 is 11.1 Å². The van der Waals surface area contributed by atoms with Crippen LogP contribution in [-0.2, 0) is 0 Å². The highest BCUT2D eigenvalue weighted by Crippen LogP contribution is 2.29. The van der Waals surface area contributed by atoms with Crippen LogP contribution in [0.3, 0.4) is 0 Å². The summed E-state index contributed by atoms with van der Waals surface area (Å²) in [5, 5.41) is 3.52. The normalized spacial score (nSPS) is 47.1. The molecule has 3 atom stereocenters. The third-order valence-electron chi connectivity index (χ3n) is 2.94. The predicted octanol–water partition coefficient (Wildman–Crippen LogP) is 0.476. The molecule has 1 aliphatic carbocycles. The molecule has 1 heterocycles. The fourth-order valence-electron chi connectivity index (χ4n) is 2.34. The molecule has 2 heteroatoms. The maximum atomic E-state index is 5.86. The lowest BCUT2D eigenvalue weighted by Crippen LogP contribution is -2.38. The zero-order valence-electron chi connectivity index (χ0n) is 6.34. The second-order valence-corrected chi connectivity index (χ2v) is 3.68. The highest BCUT2D eigenvalue weighted by Gasteiger charge is 2.31. The molecule has 0 bridgehead atoms. The average molecular weight is 140 g/mol. The summed E-state index contributed by atoms with van der Waals surface area (Å²) in [7, 11) is 0. The third-order valence-corrected chi connectivity index (χ3v) is 2.94. The molecule has 10 heavy (non-hydrogen) atoms. The number of hydrogen-bond acceptors (Lipinski definition) is 2. The first-order valence-corrected chi connectivity index (χ1v) is 4.35. The maximum Gasteiger partial charge on any atom is 0.00969 e. The summed E-state index contributed by atoms with van der Waals surface area (Å²) in [6.45, 7) is 1.22. The van der Waals surface area contributed by atoms with Crippen molar-refractivity contribution in [3.8, 4) is 0 Å². The predicted molar refractivity (Wildman–Crippen MR) is 41.7 cm³/mol. The molecular weight excluding hydrogens is 124 g/mol. The minimum absolute atomic E-state index is 0.501. The van der Waals surface area contributed by atoms with E-state index in [0.717, 1.165) is 12.0 Å². The minimum Gasteiger partial charge on any atom is -0.328 e. The highest BCUT2D eigenvalue weighted by molar-refractivity contribution is 4.90. The topological polar surface area (TPSA) is 38.0 Å². The Morgan fingerprint density at radius 2 is 2.10 bits per heavy atom. The average Bonchev–Trinajstić information content (AvgIpc) is 2.33. The molecule has 0 aromatic heterocycles. The first kappa shape index (κ1) is 6.62. The Morgan fingerprint density at radius 1 is 1.20 bits per heavy atom. The van der Waals surface area contributed by atoms with E-state index in [4.69, 9.17) is 5.73 Å². The standard InChI is InChI=1S/C8H16N2/c9-7-1-2-8-6(5-7)3-4-10-8/h6-8,10H,1-5,9H2. The Labute approximate surface area is 62.2 Å². The molecule has 1 saturated heterocycles. The van der Waals surface area contributed by atoms with Gasteiger partial charge in [0.2, 0.25) is 0 Å². The SMILES string of the molecule is NC1CCC2NCCC2C1. The van der Waals surface area contributed by atoms with Gasteiger partial charge in [-0.2, -0.15) is 0 Å². The van der Waals surface area contributed by atoms with Gasteiger partial charge in [0.05, 0.1) is 0 Å². The van der Waals surface area contributed by atoms with Crippen LogP contribution in [0.25, 0.3) is 0 Å². The zero-order chi connectivity index (χ0) is 6.97. The van der Waals surface area contributed by atoms with E-state index in [1.165, 1.54) is 32.2 Å². The second-order valence-electron chi connectivity index (χ2n) is 3.68. The van der Waals surface area contributed by atoms with Gasteiger partial charge in [-0.3, -0.25) is 0 Å². The van der Waals surface area contributed by atoms with Crippen LogP contribution in [0.1, 0.15) is 25.7 Å². The second kappa shape index (κ2) is 2.51. The summed E-state index contributed by atoms with van der Waals surface area (Å²) in [5.74, 6) is 0.906. The molecule has 2 aliphatic rings. The molecule has 2 fully saturated rings. The Balaban J connectivity index is 1.96. The Hall–Kier alpha value is -0.0800. The number of hydrogen-bond donors (Lipinski definition) is 2. The van der Waals surface area contributed by atoms with Crippen LogP contribution in [0.2, 0.25) is 0 Å². The molecule has 0 aromatic rings. The monoisotopic (exact) mass is 140 g/mol. The largest absolute Gasteiger partial charge is 0.328 e. The van der Waals surface area contributed by atoms with Crippen molar-refractivity contribution in [2.45, 2.75) is 37.8 Å². The lowest BCUT2D eigenvalue weighted by molar-refractivity contribution is 0.295. The van der Waals surface area contributed by atoms with Crippen molar-refractivity contribution in [1.82, 2.24) is 5.32 Å². The Morgan fingerprint density at radius 3 is 3.00 bits per heavy atom. The van der Waals surface area contributed by atoms with Crippen molar-refractivity contribution in [2.75, 3.05) is 6.54 Å². The number of rotatable bonds is 0. The summed E-state index contributed by atoms with van der Waals surface area (Å²) in [4.78, 5) is 0. The van der Waals surface area contributed by atoms with Gasteiger partial charge >= 0.3 is 0 Å². The molecule has 0 aromatic carbocycles. The van der Waals surface area contributed by atoms with Gasteiger partial charge in [-0.15, -0.1) is 0 Å². The smallest absolute Gasteiger partial charge is 0.00969 e. The van der Waals surface area contributed by atoms with Gasteiger partial charge in [0.15, 0.2) is 0 Å². The van der Waals surface area contributed by atoms with E-state index in [1.54, 1.807) is 0 Å². The van der Waals surface area contributed by atoms with Crippen LogP contribution in [0.4, 0.5) is 0 Å². The van der Waals surface area contributed by atoms with Crippen LogP contribution in [-0.4, -0.2) is 18.6 Å². The molecule has 0 amide bonds. The molecule has 0 radical (unpaired) electrons. The fraction of sp³-hybridized carbons (Fsp3) is 1.00. The van der Waals surface area contributed by atoms with Gasteiger partial charge in [0.1, 0.15) is 0 Å². The molecule has 3 unspecified atom stereocenters. The molecule has 2 nitrogen and oxygen atoms in total. The molecule has 1 aliphatic heterocycles. The van der Waals surface area contributed by atoms with Crippen LogP contribution >= 0.6 is 0 Å². The highest BCUT2D eigenvalue weighted by atomic mass is 15.0. The van der Waals surface area contributed by atoms with Crippen LogP contribution in [0.15, 0.2) is 0 Å². The molecule has 58 valence electrons. The first-order valence-electron chi connectivity index (χ1n) is 4.35. The van der Waals surface area contributed by atoms with E-state index < -0.39 is 0 Å². The summed E-state index contributed by atoms with van der Waals surface area (Å²) < 4.78 is 0. The molecular formula is C8H16N2. The molecule has 1 saturated carbocycles. The van der Waals surface area contributed by atoms with Gasteiger partial charge in [0.25, 0.3) is 0 Å². The van der Waals surface area contributed by atoms with Gasteiger partial charge < -0.3 is 11.1 Å². The number of nitrogens with two attached hydrogens (primary N) is 1. The minimum atomic E-state index is 0.501. The maximum absolute atomic E-state index is 5.86. The summed E-state index contributed by atoms with van der Waals surface area (Å²) in [6.07, 6.45) is 5.16. The quantitative estimate of drug-likeness (QED) is 0.513. The van der Waals surface area contributed by atoms with E-state index in [0.29, 0.717) is 6.04 Å². The van der Waals surface area contributed by atoms with E-state index in [-0.39, 0.29) is 0 Å². The van der Waals surface area contributed by atoms with Gasteiger partial charge in [-0.25, -0.2) is 0 Å². The van der Waals surface area contributed by atoms with Crippen LogP contribution in [0.5, 0.6) is 0 Å². The molecule has 0 spiro atoms. The van der Waals surface area contributed by atoms with Crippen molar-refractivity contribution in [2.24, 2.45) is 11.7 Å². The molecule has 3 N–H and O–H groups in total. The zero-order valence-corrected chi connectivity index (χ0v) is 6.34. The summed E-state index contributed by atoms with van der Waals surface area (Å²) in [6, 6.07) is 1.32. The third kappa shape index (κ3) is 1.06. The van der Waals surface area contributed by atoms with E-state index in [9.17, 15) is 0 Å². The van der Waals surface area contributed by atoms with E-state index >= 15 is 0 Å². The van der Waals surface area contributed by atoms with Gasteiger partial charge in [0, 0.05) is 12.1 Å². The van der Waals surface area contributed by atoms with Gasteiger partial charge in [-0.1, -0.05) is 0 Å². The first-order chi connectivity index (χ1) is 4.86. The van der Waals surface area contributed by atoms with Crippen molar-refractivity contribution in [3.63, 3.8) is 0 Å². The van der Waals surface area contributed by atoms with E-state index in [2.05, 4.69) is 5.32 Å². The summed E-state index contributed by atoms with van der Waals surface area (Å²) in [5.41, 5.74) is 5.86. The number of fused-ring (bicyclic) bond motifs is 1. The molecule has 2 rings (SSSR count). The van der Waals surface area contributed by atoms with Crippen molar-refractivity contribution < 1.29 is 0 Å². The van der Waals surface area contributed by atoms with Crippen molar-refractivity contribution >= 4 is 0 Å². The lowest BCUT2D eigenvalue weighted by Gasteiger charge is -2.29.